The maximum Gasteiger partial charge on any atom is 0.264 e. The number of hydrogen-bond acceptors (Lipinski definition) is 6. The Morgan fingerprint density at radius 1 is 0.833 bits per heavy atom. The van der Waals surface area contributed by atoms with E-state index in [1.807, 2.05) is 51.1 Å². The second kappa shape index (κ2) is 16.3. The molecule has 1 atom stereocenters. The van der Waals surface area contributed by atoms with Crippen molar-refractivity contribution in [1.82, 2.24) is 10.2 Å². The molecular weight excluding hydrogens is 633 g/mol. The van der Waals surface area contributed by atoms with Gasteiger partial charge < -0.3 is 19.7 Å². The van der Waals surface area contributed by atoms with Crippen LogP contribution in [-0.4, -0.2) is 58.5 Å². The number of benzene rings is 4. The molecule has 0 aliphatic heterocycles. The molecule has 9 nitrogen and oxygen atoms in total. The number of halogens is 1. The van der Waals surface area contributed by atoms with Gasteiger partial charge in [0.1, 0.15) is 18.4 Å². The highest BCUT2D eigenvalue weighted by Gasteiger charge is 2.35. The number of anilines is 1. The van der Waals surface area contributed by atoms with Gasteiger partial charge in [0, 0.05) is 25.6 Å². The van der Waals surface area contributed by atoms with Crippen molar-refractivity contribution in [3.63, 3.8) is 0 Å². The summed E-state index contributed by atoms with van der Waals surface area (Å²) in [6.45, 7) is 5.49. The van der Waals surface area contributed by atoms with Crippen LogP contribution in [-0.2, 0) is 32.6 Å². The van der Waals surface area contributed by atoms with Gasteiger partial charge in [-0.25, -0.2) is 12.8 Å². The van der Waals surface area contributed by atoms with Gasteiger partial charge in [-0.05, 0) is 60.4 Å². The van der Waals surface area contributed by atoms with Crippen molar-refractivity contribution in [2.24, 2.45) is 5.92 Å². The standard InChI is InChI=1S/C37H42FN3O6S/c1-26(2)23-39-37(43)33(21-28-9-7-6-8-10-28)40(24-29-13-15-30(38)16-14-29)36(42)25-41(31-17-11-27(3)12-18-31)48(44,45)32-19-20-34(46-4)35(22-32)47-5/h6-20,22,26,33H,21,23-25H2,1-5H3,(H,39,43)/t33-/m1/s1. The van der Waals surface area contributed by atoms with Crippen LogP contribution < -0.4 is 19.1 Å². The molecule has 0 fully saturated rings. The molecule has 0 spiro atoms. The number of nitrogens with zero attached hydrogens (tertiary/aromatic N) is 2. The Morgan fingerprint density at radius 3 is 2.08 bits per heavy atom. The van der Waals surface area contributed by atoms with Crippen molar-refractivity contribution >= 4 is 27.5 Å². The van der Waals surface area contributed by atoms with Gasteiger partial charge in [-0.2, -0.15) is 0 Å². The van der Waals surface area contributed by atoms with E-state index in [-0.39, 0.29) is 41.1 Å². The average Bonchev–Trinajstić information content (AvgIpc) is 3.08. The van der Waals surface area contributed by atoms with Crippen molar-refractivity contribution < 1.29 is 31.9 Å². The molecule has 0 bridgehead atoms. The highest BCUT2D eigenvalue weighted by molar-refractivity contribution is 7.92. The summed E-state index contributed by atoms with van der Waals surface area (Å²) < 4.78 is 54.3. The Hall–Kier alpha value is -4.90. The zero-order valence-corrected chi connectivity index (χ0v) is 28.7. The molecular formula is C37H42FN3O6S. The third-order valence-electron chi connectivity index (χ3n) is 7.77. The van der Waals surface area contributed by atoms with Crippen molar-refractivity contribution in [1.29, 1.82) is 0 Å². The fourth-order valence-corrected chi connectivity index (χ4v) is 6.54. The van der Waals surface area contributed by atoms with Gasteiger partial charge in [-0.3, -0.25) is 13.9 Å². The Balaban J connectivity index is 1.81. The minimum absolute atomic E-state index is 0.0656. The fraction of sp³-hybridized carbons (Fsp3) is 0.297. The Bertz CT molecular complexity index is 1780. The van der Waals surface area contributed by atoms with Gasteiger partial charge in [0.25, 0.3) is 10.0 Å². The van der Waals surface area contributed by atoms with Gasteiger partial charge in [0.15, 0.2) is 11.5 Å². The number of rotatable bonds is 15. The normalized spacial score (nSPS) is 11.9. The van der Waals surface area contributed by atoms with Crippen LogP contribution in [0.25, 0.3) is 0 Å². The summed E-state index contributed by atoms with van der Waals surface area (Å²) in [5.41, 5.74) is 2.54. The summed E-state index contributed by atoms with van der Waals surface area (Å²) in [6, 6.07) is 24.9. The first-order valence-corrected chi connectivity index (χ1v) is 17.0. The quantitative estimate of drug-likeness (QED) is 0.172. The lowest BCUT2D eigenvalue weighted by Gasteiger charge is -2.34. The van der Waals surface area contributed by atoms with Crippen molar-refractivity contribution in [2.45, 2.75) is 44.7 Å². The number of carbonyl (C=O) groups is 2. The molecule has 0 unspecified atom stereocenters. The van der Waals surface area contributed by atoms with Gasteiger partial charge in [-0.15, -0.1) is 0 Å². The maximum atomic E-state index is 14.6. The molecule has 0 heterocycles. The molecule has 0 saturated heterocycles. The van der Waals surface area contributed by atoms with Gasteiger partial charge in [0.05, 0.1) is 24.8 Å². The van der Waals surface area contributed by atoms with Crippen molar-refractivity contribution in [2.75, 3.05) is 31.6 Å². The summed E-state index contributed by atoms with van der Waals surface area (Å²) in [5.74, 6) is -0.750. The lowest BCUT2D eigenvalue weighted by molar-refractivity contribution is -0.140. The number of nitrogens with one attached hydrogen (secondary N) is 1. The van der Waals surface area contributed by atoms with E-state index in [9.17, 15) is 22.4 Å². The molecule has 0 radical (unpaired) electrons. The number of carbonyl (C=O) groups excluding carboxylic acids is 2. The Labute approximate surface area is 282 Å². The number of methoxy groups -OCH3 is 2. The van der Waals surface area contributed by atoms with E-state index < -0.39 is 34.3 Å². The third-order valence-corrected chi connectivity index (χ3v) is 9.54. The second-order valence-electron chi connectivity index (χ2n) is 11.9. The van der Waals surface area contributed by atoms with Crippen LogP contribution in [0.5, 0.6) is 11.5 Å². The van der Waals surface area contributed by atoms with Crippen LogP contribution in [0.1, 0.15) is 30.5 Å². The maximum absolute atomic E-state index is 14.6. The molecule has 254 valence electrons. The van der Waals surface area contributed by atoms with E-state index in [4.69, 9.17) is 9.47 Å². The second-order valence-corrected chi connectivity index (χ2v) is 13.7. The first kappa shape index (κ1) is 35.9. The minimum Gasteiger partial charge on any atom is -0.493 e. The highest BCUT2D eigenvalue weighted by Crippen LogP contribution is 2.32. The van der Waals surface area contributed by atoms with E-state index in [0.717, 1.165) is 15.4 Å². The molecule has 0 aliphatic carbocycles. The molecule has 2 amide bonds. The SMILES string of the molecule is COc1ccc(S(=O)(=O)N(CC(=O)N(Cc2ccc(F)cc2)[C@H](Cc2ccccc2)C(=O)NCC(C)C)c2ccc(C)cc2)cc1OC. The molecule has 4 aromatic rings. The first-order valence-electron chi connectivity index (χ1n) is 15.6. The molecule has 0 aromatic heterocycles. The molecule has 11 heteroatoms. The summed E-state index contributed by atoms with van der Waals surface area (Å²) in [4.78, 5) is 29.7. The van der Waals surface area contributed by atoms with Crippen molar-refractivity contribution in [3.05, 3.63) is 120 Å². The first-order chi connectivity index (χ1) is 22.9. The number of aryl methyl sites for hydroxylation is 1. The molecule has 0 aliphatic rings. The number of sulfonamides is 1. The summed E-state index contributed by atoms with van der Waals surface area (Å²) >= 11 is 0. The average molecular weight is 676 g/mol. The number of ether oxygens (including phenoxy) is 2. The summed E-state index contributed by atoms with van der Waals surface area (Å²) in [5, 5.41) is 2.95. The fourth-order valence-electron chi connectivity index (χ4n) is 5.11. The zero-order valence-electron chi connectivity index (χ0n) is 27.9. The third kappa shape index (κ3) is 9.13. The van der Waals surface area contributed by atoms with E-state index in [1.165, 1.54) is 49.5 Å². The molecule has 0 saturated carbocycles. The monoisotopic (exact) mass is 675 g/mol. The lowest BCUT2D eigenvalue weighted by Crippen LogP contribution is -2.53. The van der Waals surface area contributed by atoms with Crippen LogP contribution in [0.2, 0.25) is 0 Å². The van der Waals surface area contributed by atoms with Gasteiger partial charge >= 0.3 is 0 Å². The molecule has 1 N–H and O–H groups in total. The van der Waals surface area contributed by atoms with Crippen LogP contribution in [0.15, 0.2) is 102 Å². The number of amides is 2. The summed E-state index contributed by atoms with van der Waals surface area (Å²) in [7, 11) is -1.51. The van der Waals surface area contributed by atoms with Crippen LogP contribution in [0, 0.1) is 18.7 Å². The van der Waals surface area contributed by atoms with E-state index in [0.29, 0.717) is 17.9 Å². The predicted molar refractivity (Wildman–Crippen MR) is 184 cm³/mol. The number of hydrogen-bond donors (Lipinski definition) is 1. The Morgan fingerprint density at radius 2 is 1.48 bits per heavy atom. The van der Waals surface area contributed by atoms with Crippen LogP contribution in [0.4, 0.5) is 10.1 Å². The topological polar surface area (TPSA) is 105 Å². The smallest absolute Gasteiger partial charge is 0.264 e. The predicted octanol–water partition coefficient (Wildman–Crippen LogP) is 5.76. The largest absolute Gasteiger partial charge is 0.493 e. The Kier molecular flexibility index (Phi) is 12.2. The molecule has 4 aromatic carbocycles. The molecule has 48 heavy (non-hydrogen) atoms. The lowest BCUT2D eigenvalue weighted by atomic mass is 10.0. The van der Waals surface area contributed by atoms with Crippen LogP contribution in [0.3, 0.4) is 0 Å². The molecule has 4 rings (SSSR count). The van der Waals surface area contributed by atoms with E-state index in [1.54, 1.807) is 36.4 Å². The van der Waals surface area contributed by atoms with E-state index in [2.05, 4.69) is 5.32 Å². The van der Waals surface area contributed by atoms with Gasteiger partial charge in [-0.1, -0.05) is 74.0 Å². The van der Waals surface area contributed by atoms with Crippen molar-refractivity contribution in [3.8, 4) is 11.5 Å². The van der Waals surface area contributed by atoms with Crippen LogP contribution >= 0.6 is 0 Å². The zero-order chi connectivity index (χ0) is 34.8. The summed E-state index contributed by atoms with van der Waals surface area (Å²) in [6.07, 6.45) is 0.171. The van der Waals surface area contributed by atoms with E-state index >= 15 is 0 Å². The minimum atomic E-state index is -4.36. The highest BCUT2D eigenvalue weighted by atomic mass is 32.2. The van der Waals surface area contributed by atoms with Gasteiger partial charge in [0.2, 0.25) is 11.8 Å².